The standard InChI is InChI=1S/C61H100N12O19/c1-7-9-10-11-12-13-14-15-16-17-18-19-20-21-41(62)52(82)61(91)72-49(38(6)76)59(89)73-50(51(81)39-22-24-40(77)25-23-39)60(90)70-44(34-75)57(87)69-42(27-30-74)55(85)65-33-46(79)68-43-28-31-92-47(80)26-29-63-53(83)36(4)66-45(78)32-64-54(84)37(5)67-58(88)48(35(3)8-2)71-56(43)86/h22-25,35-36,38,41-44,48-52,74-77,81-82H,5,7-21,26-34,62H2,1-4,6H3,(H,63,83)(H,64,84)(H,65,85)(H,66,78)(H,67,88)(H,68,79)(H,69,87)(H,70,90)(H,71,86)(H,72,91)(H,73,89)/t35-,36+,38-,41+,42+,43?,44+,48?,49+,50+,51+,52+/m1/s1. The number of unbranched alkanes of at least 4 members (excludes halogenated alkanes) is 12. The lowest BCUT2D eigenvalue weighted by atomic mass is 9.97. The lowest BCUT2D eigenvalue weighted by molar-refractivity contribution is -0.144. The summed E-state index contributed by atoms with van der Waals surface area (Å²) in [6.45, 7) is 7.21. The van der Waals surface area contributed by atoms with Crippen LogP contribution in [0.2, 0.25) is 0 Å². The van der Waals surface area contributed by atoms with E-state index < -0.39 is 195 Å². The Hall–Kier alpha value is -7.84. The summed E-state index contributed by atoms with van der Waals surface area (Å²) >= 11 is 0. The first kappa shape index (κ1) is 80.3. The average molecular weight is 1310 g/mol. The van der Waals surface area contributed by atoms with Crippen molar-refractivity contribution in [3.05, 3.63) is 42.1 Å². The van der Waals surface area contributed by atoms with Crippen molar-refractivity contribution in [1.82, 2.24) is 58.5 Å². The molecule has 0 aliphatic carbocycles. The molecule has 518 valence electrons. The Balaban J connectivity index is 2.23. The summed E-state index contributed by atoms with van der Waals surface area (Å²) in [7, 11) is 0. The molecule has 11 amide bonds. The van der Waals surface area contributed by atoms with Crippen LogP contribution >= 0.6 is 0 Å². The van der Waals surface area contributed by atoms with Gasteiger partial charge in [-0.25, -0.2) is 0 Å². The molecule has 0 bridgehead atoms. The van der Waals surface area contributed by atoms with Gasteiger partial charge in [0.1, 0.15) is 60.3 Å². The van der Waals surface area contributed by atoms with Crippen molar-refractivity contribution in [2.24, 2.45) is 11.7 Å². The largest absolute Gasteiger partial charge is 0.508 e. The zero-order valence-electron chi connectivity index (χ0n) is 53.5. The second kappa shape index (κ2) is 43.8. The van der Waals surface area contributed by atoms with E-state index in [1.807, 2.05) is 0 Å². The lowest BCUT2D eigenvalue weighted by Crippen LogP contribution is -2.62. The lowest BCUT2D eigenvalue weighted by Gasteiger charge is -2.29. The molecule has 1 aromatic rings. The molecule has 0 radical (unpaired) electrons. The van der Waals surface area contributed by atoms with Crippen molar-refractivity contribution >= 4 is 70.9 Å². The van der Waals surface area contributed by atoms with E-state index in [1.165, 1.54) is 64.0 Å². The van der Waals surface area contributed by atoms with Crippen LogP contribution in [0.3, 0.4) is 0 Å². The number of nitrogens with one attached hydrogen (secondary N) is 11. The zero-order valence-corrected chi connectivity index (χ0v) is 53.5. The topological polar surface area (TPSA) is 494 Å². The maximum atomic E-state index is 14.1. The van der Waals surface area contributed by atoms with Gasteiger partial charge in [-0.2, -0.15) is 0 Å². The molecule has 12 atom stereocenters. The third-order valence-electron chi connectivity index (χ3n) is 15.3. The summed E-state index contributed by atoms with van der Waals surface area (Å²) < 4.78 is 5.23. The summed E-state index contributed by atoms with van der Waals surface area (Å²) in [5, 5.41) is 88.5. The number of benzene rings is 1. The molecule has 1 aliphatic rings. The van der Waals surface area contributed by atoms with E-state index >= 15 is 0 Å². The fourth-order valence-corrected chi connectivity index (χ4v) is 9.39. The monoisotopic (exact) mass is 1300 g/mol. The second-order valence-corrected chi connectivity index (χ2v) is 22.9. The van der Waals surface area contributed by atoms with E-state index in [9.17, 15) is 88.2 Å². The summed E-state index contributed by atoms with van der Waals surface area (Å²) in [5.74, 6) is -13.3. The first-order chi connectivity index (χ1) is 43.7. The SMILES string of the molecule is C=C1NC(=O)C([C@H](C)CC)NC(=O)C(NC(=O)CNC(=O)[C@H](CCO)NC(=O)[C@H](CO)NC(=O)[C@@H](NC(=O)[C@@H](NC(=O)[C@@H](O)[C@@H](N)CCCCCCCCCCCCCCC)[C@@H](C)O)[C@@H](O)c2ccc(O)cc2)CCOC(=O)CCNC(=O)[C@H](C)NC(=O)CNC1=O. The third-order valence-corrected chi connectivity index (χ3v) is 15.3. The highest BCUT2D eigenvalue weighted by Crippen LogP contribution is 2.21. The van der Waals surface area contributed by atoms with Crippen LogP contribution < -0.4 is 64.2 Å². The normalized spacial score (nSPS) is 19.5. The number of amides is 11. The molecule has 31 heteroatoms. The number of hydrogen-bond donors (Lipinski definition) is 18. The summed E-state index contributed by atoms with van der Waals surface area (Å²) in [6, 6.07) is -8.12. The van der Waals surface area contributed by atoms with Gasteiger partial charge in [-0.1, -0.05) is 129 Å². The van der Waals surface area contributed by atoms with Gasteiger partial charge in [0, 0.05) is 25.6 Å². The number of rotatable bonds is 35. The zero-order chi connectivity index (χ0) is 68.9. The Labute approximate surface area is 536 Å². The van der Waals surface area contributed by atoms with Gasteiger partial charge in [-0.05, 0) is 50.3 Å². The highest BCUT2D eigenvalue weighted by Gasteiger charge is 2.38. The van der Waals surface area contributed by atoms with Gasteiger partial charge in [-0.3, -0.25) is 57.5 Å². The first-order valence-electron chi connectivity index (χ1n) is 31.6. The quantitative estimate of drug-likeness (QED) is 0.0184. The van der Waals surface area contributed by atoms with Crippen LogP contribution in [0.5, 0.6) is 5.75 Å². The molecule has 0 spiro atoms. The molecule has 2 rings (SSSR count). The number of hydrogen-bond acceptors (Lipinski definition) is 20. The Morgan fingerprint density at radius 2 is 1.27 bits per heavy atom. The fourth-order valence-electron chi connectivity index (χ4n) is 9.39. The molecule has 1 heterocycles. The maximum Gasteiger partial charge on any atom is 0.307 e. The second-order valence-electron chi connectivity index (χ2n) is 22.9. The number of aliphatic hydroxyl groups is 5. The van der Waals surface area contributed by atoms with Gasteiger partial charge in [0.15, 0.2) is 0 Å². The molecule has 1 aromatic carbocycles. The smallest absolute Gasteiger partial charge is 0.307 e. The summed E-state index contributed by atoms with van der Waals surface area (Å²) in [4.78, 5) is 160. The minimum absolute atomic E-state index is 0.0831. The van der Waals surface area contributed by atoms with Gasteiger partial charge >= 0.3 is 5.97 Å². The van der Waals surface area contributed by atoms with Crippen LogP contribution in [0.1, 0.15) is 162 Å². The molecule has 1 fully saturated rings. The number of phenols is 1. The van der Waals surface area contributed by atoms with Crippen molar-refractivity contribution in [3.8, 4) is 5.75 Å². The minimum Gasteiger partial charge on any atom is -0.508 e. The predicted octanol–water partition coefficient (Wildman–Crippen LogP) is -2.87. The molecule has 1 aliphatic heterocycles. The number of aromatic hydroxyl groups is 1. The Morgan fingerprint density at radius 3 is 1.85 bits per heavy atom. The van der Waals surface area contributed by atoms with Crippen molar-refractivity contribution < 1.29 is 92.9 Å². The van der Waals surface area contributed by atoms with Crippen LogP contribution in [0.15, 0.2) is 36.5 Å². The number of phenolic OH excluding ortho intramolecular Hbond substituents is 1. The maximum absolute atomic E-state index is 14.1. The van der Waals surface area contributed by atoms with Gasteiger partial charge in [0.05, 0.1) is 44.5 Å². The molecule has 2 unspecified atom stereocenters. The highest BCUT2D eigenvalue weighted by molar-refractivity contribution is 6.01. The van der Waals surface area contributed by atoms with Gasteiger partial charge in [0.2, 0.25) is 53.2 Å². The van der Waals surface area contributed by atoms with Crippen LogP contribution in [-0.2, 0) is 62.3 Å². The van der Waals surface area contributed by atoms with Crippen LogP contribution in [0.25, 0.3) is 0 Å². The number of aliphatic hydroxyl groups excluding tert-OH is 5. The van der Waals surface area contributed by atoms with E-state index in [1.54, 1.807) is 13.8 Å². The van der Waals surface area contributed by atoms with Crippen LogP contribution in [-0.4, -0.2) is 202 Å². The van der Waals surface area contributed by atoms with Gasteiger partial charge in [0.25, 0.3) is 11.8 Å². The van der Waals surface area contributed by atoms with Crippen molar-refractivity contribution in [3.63, 3.8) is 0 Å². The van der Waals surface area contributed by atoms with E-state index in [-0.39, 0.29) is 30.7 Å². The fraction of sp³-hybridized carbons (Fsp3) is 0.672. The highest BCUT2D eigenvalue weighted by atomic mass is 16.5. The van der Waals surface area contributed by atoms with E-state index in [0.717, 1.165) is 51.2 Å². The molecule has 0 saturated carbocycles. The number of nitrogens with two attached hydrogens (primary N) is 1. The van der Waals surface area contributed by atoms with E-state index in [2.05, 4.69) is 72.0 Å². The number of carbonyl (C=O) groups is 12. The summed E-state index contributed by atoms with van der Waals surface area (Å²) in [5.41, 5.74) is 5.58. The molecular weight excluding hydrogens is 1200 g/mol. The van der Waals surface area contributed by atoms with Gasteiger partial charge in [-0.15, -0.1) is 0 Å². The molecule has 92 heavy (non-hydrogen) atoms. The predicted molar refractivity (Wildman–Crippen MR) is 333 cm³/mol. The molecule has 31 nitrogen and oxygen atoms in total. The number of cyclic esters (lactones) is 1. The molecule has 1 saturated heterocycles. The third kappa shape index (κ3) is 30.1. The van der Waals surface area contributed by atoms with Crippen LogP contribution in [0, 0.1) is 5.92 Å². The minimum atomic E-state index is -2.10. The summed E-state index contributed by atoms with van der Waals surface area (Å²) in [6.07, 6.45) is 8.10. The van der Waals surface area contributed by atoms with Crippen molar-refractivity contribution in [1.29, 1.82) is 0 Å². The number of carbonyl (C=O) groups excluding carboxylic acids is 12. The van der Waals surface area contributed by atoms with E-state index in [0.29, 0.717) is 12.8 Å². The average Bonchev–Trinajstić information content (AvgIpc) is 1.18. The first-order valence-corrected chi connectivity index (χ1v) is 31.6. The van der Waals surface area contributed by atoms with Crippen LogP contribution in [0.4, 0.5) is 0 Å². The Kier molecular flexibility index (Phi) is 38.2. The number of esters is 1. The Morgan fingerprint density at radius 1 is 0.696 bits per heavy atom. The number of ether oxygens (including phenoxy) is 1. The van der Waals surface area contributed by atoms with Crippen molar-refractivity contribution in [2.75, 3.05) is 39.5 Å². The Bertz CT molecular complexity index is 2580. The van der Waals surface area contributed by atoms with E-state index in [4.69, 9.17) is 10.5 Å². The molecule has 19 N–H and O–H groups in total. The molecular formula is C61H100N12O19. The van der Waals surface area contributed by atoms with Crippen molar-refractivity contribution in [2.45, 2.75) is 217 Å². The molecule has 0 aromatic heterocycles. The van der Waals surface area contributed by atoms with Gasteiger partial charge < -0.3 is 99.6 Å².